The highest BCUT2D eigenvalue weighted by Crippen LogP contribution is 2.26. The zero-order chi connectivity index (χ0) is 21.7. The quantitative estimate of drug-likeness (QED) is 0.624. The Morgan fingerprint density at radius 3 is 2.50 bits per heavy atom. The van der Waals surface area contributed by atoms with E-state index >= 15 is 0 Å². The van der Waals surface area contributed by atoms with E-state index in [2.05, 4.69) is 19.9 Å². The van der Waals surface area contributed by atoms with Crippen LogP contribution in [-0.2, 0) is 11.3 Å². The molecule has 2 amide bonds. The Kier molecular flexibility index (Phi) is 6.79. The minimum absolute atomic E-state index is 0.185. The van der Waals surface area contributed by atoms with Gasteiger partial charge in [-0.15, -0.1) is 5.10 Å². The summed E-state index contributed by atoms with van der Waals surface area (Å²) >= 11 is 7.08. The molecule has 1 atom stereocenters. The van der Waals surface area contributed by atoms with Gasteiger partial charge in [0.2, 0.25) is 5.91 Å². The number of aromatic nitrogens is 3. The van der Waals surface area contributed by atoms with E-state index in [9.17, 15) is 9.59 Å². The fourth-order valence-corrected chi connectivity index (χ4v) is 3.48. The van der Waals surface area contributed by atoms with Crippen molar-refractivity contribution in [3.63, 3.8) is 0 Å². The number of nitrogens with one attached hydrogen (secondary N) is 1. The fraction of sp³-hybridized carbons (Fsp3) is 0.286. The molecule has 1 aromatic carbocycles. The Bertz CT molecular complexity index is 988. The summed E-state index contributed by atoms with van der Waals surface area (Å²) in [7, 11) is 0. The molecule has 2 aromatic heterocycles. The molecule has 0 bridgehead atoms. The number of hydrogen-bond donors (Lipinski definition) is 1. The summed E-state index contributed by atoms with van der Waals surface area (Å²) in [6, 6.07) is 9.76. The molecule has 1 N–H and O–H groups in total. The summed E-state index contributed by atoms with van der Waals surface area (Å²) < 4.78 is 3.79. The zero-order valence-electron chi connectivity index (χ0n) is 16.9. The highest BCUT2D eigenvalue weighted by Gasteiger charge is 2.34. The van der Waals surface area contributed by atoms with Crippen LogP contribution in [0.25, 0.3) is 0 Å². The first-order valence-corrected chi connectivity index (χ1v) is 10.5. The lowest BCUT2D eigenvalue weighted by molar-refractivity contribution is -0.127. The van der Waals surface area contributed by atoms with Crippen molar-refractivity contribution in [3.05, 3.63) is 76.0 Å². The first-order chi connectivity index (χ1) is 14.2. The van der Waals surface area contributed by atoms with Crippen molar-refractivity contribution < 1.29 is 9.59 Å². The molecule has 0 spiro atoms. The van der Waals surface area contributed by atoms with Crippen LogP contribution in [0.15, 0.2) is 54.2 Å². The normalized spacial score (nSPS) is 12.3. The van der Waals surface area contributed by atoms with E-state index in [1.807, 2.05) is 32.9 Å². The maximum atomic E-state index is 13.4. The number of rotatable bonds is 6. The van der Waals surface area contributed by atoms with Gasteiger partial charge >= 0.3 is 0 Å². The van der Waals surface area contributed by atoms with Gasteiger partial charge in [0, 0.05) is 40.4 Å². The van der Waals surface area contributed by atoms with Crippen LogP contribution >= 0.6 is 23.1 Å². The summed E-state index contributed by atoms with van der Waals surface area (Å²) in [5, 5.41) is 9.05. The Morgan fingerprint density at radius 2 is 1.93 bits per heavy atom. The van der Waals surface area contributed by atoms with Gasteiger partial charge in [-0.05, 0) is 56.1 Å². The molecule has 30 heavy (non-hydrogen) atoms. The highest BCUT2D eigenvalue weighted by molar-refractivity contribution is 7.03. The Hall–Kier alpha value is -2.84. The van der Waals surface area contributed by atoms with Crippen LogP contribution < -0.4 is 5.32 Å². The molecular weight excluding hydrogens is 422 g/mol. The van der Waals surface area contributed by atoms with Gasteiger partial charge in [-0.3, -0.25) is 14.6 Å². The first-order valence-electron chi connectivity index (χ1n) is 9.29. The molecule has 0 aliphatic heterocycles. The average molecular weight is 444 g/mol. The maximum Gasteiger partial charge on any atom is 0.276 e. The van der Waals surface area contributed by atoms with Gasteiger partial charge < -0.3 is 10.2 Å². The second kappa shape index (κ2) is 9.32. The van der Waals surface area contributed by atoms with Gasteiger partial charge in [-0.25, -0.2) is 0 Å². The Morgan fingerprint density at radius 1 is 1.20 bits per heavy atom. The smallest absolute Gasteiger partial charge is 0.276 e. The number of nitrogens with zero attached hydrogens (tertiary/aromatic N) is 4. The number of pyridine rings is 1. The molecule has 7 nitrogen and oxygen atoms in total. The SMILES string of the molecule is CC(C)(C)NC(=O)C(c1cccnc1)N(Cc1ccc(Cl)cc1)C(=O)c1csnn1. The number of hydrogen-bond acceptors (Lipinski definition) is 6. The second-order valence-electron chi connectivity index (χ2n) is 7.78. The molecule has 3 aromatic rings. The molecule has 0 aliphatic rings. The van der Waals surface area contributed by atoms with Crippen molar-refractivity contribution in [1.29, 1.82) is 0 Å². The number of carbonyl (C=O) groups is 2. The van der Waals surface area contributed by atoms with Gasteiger partial charge in [-0.2, -0.15) is 0 Å². The third-order valence-corrected chi connectivity index (χ3v) is 4.92. The van der Waals surface area contributed by atoms with Gasteiger partial charge in [0.25, 0.3) is 5.91 Å². The molecule has 0 saturated carbocycles. The van der Waals surface area contributed by atoms with E-state index in [1.165, 1.54) is 4.90 Å². The second-order valence-corrected chi connectivity index (χ2v) is 8.82. The molecule has 3 rings (SSSR count). The lowest BCUT2D eigenvalue weighted by Gasteiger charge is -2.33. The van der Waals surface area contributed by atoms with E-state index in [1.54, 1.807) is 42.0 Å². The van der Waals surface area contributed by atoms with Crippen molar-refractivity contribution in [2.24, 2.45) is 0 Å². The van der Waals surface area contributed by atoms with E-state index in [4.69, 9.17) is 11.6 Å². The monoisotopic (exact) mass is 443 g/mol. The van der Waals surface area contributed by atoms with Crippen LogP contribution in [0, 0.1) is 0 Å². The van der Waals surface area contributed by atoms with Crippen molar-refractivity contribution >= 4 is 34.9 Å². The topological polar surface area (TPSA) is 88.1 Å². The molecule has 0 radical (unpaired) electrons. The van der Waals surface area contributed by atoms with Crippen molar-refractivity contribution in [2.75, 3.05) is 0 Å². The summed E-state index contributed by atoms with van der Waals surface area (Å²) in [5.41, 5.74) is 1.14. The van der Waals surface area contributed by atoms with Gasteiger partial charge in [0.15, 0.2) is 5.69 Å². The molecule has 0 saturated heterocycles. The average Bonchev–Trinajstić information content (AvgIpc) is 3.23. The molecule has 9 heteroatoms. The number of halogens is 1. The lowest BCUT2D eigenvalue weighted by Crippen LogP contribution is -2.49. The number of carbonyl (C=O) groups excluding carboxylic acids is 2. The van der Waals surface area contributed by atoms with Crippen molar-refractivity contribution in [3.8, 4) is 0 Å². The number of benzene rings is 1. The van der Waals surface area contributed by atoms with E-state index in [-0.39, 0.29) is 18.1 Å². The van der Waals surface area contributed by atoms with E-state index in [0.29, 0.717) is 10.6 Å². The summed E-state index contributed by atoms with van der Waals surface area (Å²) in [6.45, 7) is 5.85. The van der Waals surface area contributed by atoms with Crippen LogP contribution in [0.2, 0.25) is 5.02 Å². The van der Waals surface area contributed by atoms with E-state index < -0.39 is 17.5 Å². The molecule has 1 unspecified atom stereocenters. The molecule has 0 aliphatic carbocycles. The van der Waals surface area contributed by atoms with Crippen LogP contribution in [-0.4, -0.2) is 36.8 Å². The van der Waals surface area contributed by atoms with Crippen LogP contribution in [0.3, 0.4) is 0 Å². The first kappa shape index (κ1) is 21.9. The molecule has 2 heterocycles. The summed E-state index contributed by atoms with van der Waals surface area (Å²) in [6.07, 6.45) is 3.21. The zero-order valence-corrected chi connectivity index (χ0v) is 18.4. The largest absolute Gasteiger partial charge is 0.349 e. The molecule has 156 valence electrons. The fourth-order valence-electron chi connectivity index (χ4n) is 2.92. The Labute approximate surface area is 184 Å². The van der Waals surface area contributed by atoms with Crippen LogP contribution in [0.4, 0.5) is 0 Å². The van der Waals surface area contributed by atoms with E-state index in [0.717, 1.165) is 17.1 Å². The lowest BCUT2D eigenvalue weighted by atomic mass is 10.0. The van der Waals surface area contributed by atoms with Crippen LogP contribution in [0.1, 0.15) is 48.4 Å². The third kappa shape index (κ3) is 5.61. The van der Waals surface area contributed by atoms with Gasteiger partial charge in [0.1, 0.15) is 6.04 Å². The molecular formula is C21H22ClN5O2S. The van der Waals surface area contributed by atoms with Crippen LogP contribution in [0.5, 0.6) is 0 Å². The predicted molar refractivity (Wildman–Crippen MR) is 116 cm³/mol. The third-order valence-electron chi connectivity index (χ3n) is 4.16. The standard InChI is InChI=1S/C21H22ClN5O2S/c1-21(2,3)24-19(28)18(15-5-4-10-23-11-15)27(20(29)17-13-30-26-25-17)12-14-6-8-16(22)9-7-14/h4-11,13,18H,12H2,1-3H3,(H,24,28). The minimum Gasteiger partial charge on any atom is -0.349 e. The predicted octanol–water partition coefficient (Wildman–Crippen LogP) is 3.88. The Balaban J connectivity index is 2.06. The summed E-state index contributed by atoms with van der Waals surface area (Å²) in [5.74, 6) is -0.697. The van der Waals surface area contributed by atoms with Gasteiger partial charge in [-0.1, -0.05) is 34.3 Å². The van der Waals surface area contributed by atoms with Crippen molar-refractivity contribution in [2.45, 2.75) is 38.9 Å². The minimum atomic E-state index is -0.900. The van der Waals surface area contributed by atoms with Gasteiger partial charge in [0.05, 0.1) is 0 Å². The molecule has 0 fully saturated rings. The highest BCUT2D eigenvalue weighted by atomic mass is 35.5. The van der Waals surface area contributed by atoms with Crippen molar-refractivity contribution in [1.82, 2.24) is 24.8 Å². The maximum absolute atomic E-state index is 13.4. The number of amides is 2. The summed E-state index contributed by atoms with van der Waals surface area (Å²) in [4.78, 5) is 32.3.